The molecule has 1 heterocycles. The lowest BCUT2D eigenvalue weighted by atomic mass is 9.96. The lowest BCUT2D eigenvalue weighted by Crippen LogP contribution is -2.52. The predicted molar refractivity (Wildman–Crippen MR) is 75.6 cm³/mol. The van der Waals surface area contributed by atoms with E-state index in [4.69, 9.17) is 4.74 Å². The molecule has 116 valence electrons. The van der Waals surface area contributed by atoms with Gasteiger partial charge < -0.3 is 19.6 Å². The van der Waals surface area contributed by atoms with Gasteiger partial charge >= 0.3 is 12.0 Å². The summed E-state index contributed by atoms with van der Waals surface area (Å²) >= 11 is 0. The van der Waals surface area contributed by atoms with E-state index >= 15 is 0 Å². The van der Waals surface area contributed by atoms with Crippen molar-refractivity contribution in [2.75, 3.05) is 33.4 Å². The Morgan fingerprint density at radius 3 is 2.35 bits per heavy atom. The van der Waals surface area contributed by atoms with Crippen LogP contribution in [0.4, 0.5) is 4.79 Å². The van der Waals surface area contributed by atoms with E-state index in [1.165, 1.54) is 0 Å². The van der Waals surface area contributed by atoms with Crippen LogP contribution >= 0.6 is 0 Å². The van der Waals surface area contributed by atoms with Crippen molar-refractivity contribution >= 4 is 12.0 Å². The maximum Gasteiger partial charge on any atom is 0.320 e. The van der Waals surface area contributed by atoms with Crippen LogP contribution in [0.3, 0.4) is 0 Å². The van der Waals surface area contributed by atoms with Crippen LogP contribution in [-0.4, -0.2) is 66.3 Å². The van der Waals surface area contributed by atoms with E-state index in [1.54, 1.807) is 16.8 Å². The van der Waals surface area contributed by atoms with Crippen molar-refractivity contribution in [1.29, 1.82) is 0 Å². The summed E-state index contributed by atoms with van der Waals surface area (Å²) in [4.78, 5) is 27.0. The Balaban J connectivity index is 2.79. The minimum atomic E-state index is -0.905. The molecular weight excluding hydrogens is 260 g/mol. The zero-order valence-electron chi connectivity index (χ0n) is 13.0. The predicted octanol–water partition coefficient (Wildman–Crippen LogP) is 1.51. The molecule has 0 aliphatic carbocycles. The van der Waals surface area contributed by atoms with Gasteiger partial charge in [0, 0.05) is 20.1 Å². The highest BCUT2D eigenvalue weighted by molar-refractivity contribution is 5.77. The fourth-order valence-electron chi connectivity index (χ4n) is 2.60. The van der Waals surface area contributed by atoms with E-state index in [0.29, 0.717) is 19.7 Å². The highest BCUT2D eigenvalue weighted by atomic mass is 16.5. The van der Waals surface area contributed by atoms with Crippen molar-refractivity contribution in [2.45, 2.75) is 33.7 Å². The Labute approximate surface area is 120 Å². The molecule has 1 aliphatic rings. The minimum Gasteiger partial charge on any atom is -0.481 e. The molecule has 1 N–H and O–H groups in total. The molecule has 0 aromatic carbocycles. The number of ether oxygens (including phenoxy) is 1. The zero-order valence-corrected chi connectivity index (χ0v) is 13.0. The molecule has 1 aliphatic heterocycles. The first kappa shape index (κ1) is 16.8. The van der Waals surface area contributed by atoms with E-state index in [9.17, 15) is 14.7 Å². The van der Waals surface area contributed by atoms with Crippen LogP contribution in [0.2, 0.25) is 0 Å². The maximum atomic E-state index is 12.5. The van der Waals surface area contributed by atoms with Crippen molar-refractivity contribution in [2.24, 2.45) is 11.3 Å². The van der Waals surface area contributed by atoms with Crippen LogP contribution in [0.25, 0.3) is 0 Å². The SMILES string of the molecule is CCN(C(=O)N(C)CC(C)(C)C)C1COCC1C(=O)O. The molecule has 0 bridgehead atoms. The average molecular weight is 286 g/mol. The molecule has 6 nitrogen and oxygen atoms in total. The van der Waals surface area contributed by atoms with Crippen molar-refractivity contribution in [3.8, 4) is 0 Å². The number of hydrogen-bond donors (Lipinski definition) is 1. The third-order valence-electron chi connectivity index (χ3n) is 3.39. The molecule has 2 unspecified atom stereocenters. The lowest BCUT2D eigenvalue weighted by Gasteiger charge is -2.35. The topological polar surface area (TPSA) is 70.1 Å². The van der Waals surface area contributed by atoms with Gasteiger partial charge in [0.15, 0.2) is 0 Å². The second-order valence-electron chi connectivity index (χ2n) is 6.53. The van der Waals surface area contributed by atoms with Gasteiger partial charge in [-0.15, -0.1) is 0 Å². The number of rotatable bonds is 4. The third-order valence-corrected chi connectivity index (χ3v) is 3.39. The summed E-state index contributed by atoms with van der Waals surface area (Å²) in [5.41, 5.74) is 0.00218. The molecule has 0 aromatic rings. The molecule has 1 rings (SSSR count). The van der Waals surface area contributed by atoms with Gasteiger partial charge in [-0.25, -0.2) is 4.79 Å². The second kappa shape index (κ2) is 6.43. The van der Waals surface area contributed by atoms with Crippen molar-refractivity contribution in [3.63, 3.8) is 0 Å². The highest BCUT2D eigenvalue weighted by Crippen LogP contribution is 2.22. The van der Waals surface area contributed by atoms with Crippen molar-refractivity contribution < 1.29 is 19.4 Å². The summed E-state index contributed by atoms with van der Waals surface area (Å²) in [5.74, 6) is -1.54. The first-order valence-corrected chi connectivity index (χ1v) is 6.99. The van der Waals surface area contributed by atoms with Gasteiger partial charge in [-0.3, -0.25) is 4.79 Å². The largest absolute Gasteiger partial charge is 0.481 e. The monoisotopic (exact) mass is 286 g/mol. The molecular formula is C14H26N2O4. The molecule has 6 heteroatoms. The molecule has 2 atom stereocenters. The number of amides is 2. The Morgan fingerprint density at radius 1 is 1.30 bits per heavy atom. The summed E-state index contributed by atoms with van der Waals surface area (Å²) in [6.07, 6.45) is 0. The summed E-state index contributed by atoms with van der Waals surface area (Å²) in [6.45, 7) is 9.61. The summed E-state index contributed by atoms with van der Waals surface area (Å²) < 4.78 is 5.25. The first-order valence-electron chi connectivity index (χ1n) is 6.99. The van der Waals surface area contributed by atoms with Gasteiger partial charge in [-0.1, -0.05) is 20.8 Å². The zero-order chi connectivity index (χ0) is 15.5. The lowest BCUT2D eigenvalue weighted by molar-refractivity contribution is -0.142. The number of carboxylic acid groups (broad SMARTS) is 1. The van der Waals surface area contributed by atoms with Gasteiger partial charge in [0.25, 0.3) is 0 Å². The average Bonchev–Trinajstić information content (AvgIpc) is 2.76. The quantitative estimate of drug-likeness (QED) is 0.850. The number of hydrogen-bond acceptors (Lipinski definition) is 3. The Kier molecular flexibility index (Phi) is 5.39. The van der Waals surface area contributed by atoms with Gasteiger partial charge in [-0.2, -0.15) is 0 Å². The van der Waals surface area contributed by atoms with E-state index in [-0.39, 0.29) is 24.1 Å². The van der Waals surface area contributed by atoms with Crippen LogP contribution in [0.5, 0.6) is 0 Å². The second-order valence-corrected chi connectivity index (χ2v) is 6.53. The van der Waals surface area contributed by atoms with Crippen LogP contribution in [0, 0.1) is 11.3 Å². The first-order chi connectivity index (χ1) is 9.17. The summed E-state index contributed by atoms with van der Waals surface area (Å²) in [6, 6.07) is -0.517. The maximum absolute atomic E-state index is 12.5. The van der Waals surface area contributed by atoms with Crippen LogP contribution in [-0.2, 0) is 9.53 Å². The highest BCUT2D eigenvalue weighted by Gasteiger charge is 2.40. The normalized spacial score (nSPS) is 22.6. The van der Waals surface area contributed by atoms with Gasteiger partial charge in [0.1, 0.15) is 5.92 Å². The minimum absolute atomic E-state index is 0.00218. The van der Waals surface area contributed by atoms with Crippen LogP contribution in [0.15, 0.2) is 0 Å². The molecule has 0 radical (unpaired) electrons. The number of aliphatic carboxylic acids is 1. The van der Waals surface area contributed by atoms with Gasteiger partial charge in [0.2, 0.25) is 0 Å². The van der Waals surface area contributed by atoms with Gasteiger partial charge in [0.05, 0.1) is 19.3 Å². The Hall–Kier alpha value is -1.30. The molecule has 1 saturated heterocycles. The standard InChI is InChI=1S/C14H26N2O4/c1-6-16(11-8-20-7-10(11)12(17)18)13(19)15(5)9-14(2,3)4/h10-11H,6-9H2,1-5H3,(H,17,18). The van der Waals surface area contributed by atoms with Gasteiger partial charge in [-0.05, 0) is 12.3 Å². The molecule has 1 fully saturated rings. The van der Waals surface area contributed by atoms with Crippen molar-refractivity contribution in [1.82, 2.24) is 9.80 Å². The number of carbonyl (C=O) groups excluding carboxylic acids is 1. The van der Waals surface area contributed by atoms with E-state index < -0.39 is 11.9 Å². The van der Waals surface area contributed by atoms with Crippen LogP contribution in [0.1, 0.15) is 27.7 Å². The third kappa shape index (κ3) is 4.10. The van der Waals surface area contributed by atoms with E-state index in [0.717, 1.165) is 0 Å². The smallest absolute Gasteiger partial charge is 0.320 e. The van der Waals surface area contributed by atoms with E-state index in [2.05, 4.69) is 20.8 Å². The number of nitrogens with zero attached hydrogens (tertiary/aromatic N) is 2. The number of carboxylic acids is 1. The summed E-state index contributed by atoms with van der Waals surface area (Å²) in [5, 5.41) is 9.20. The fourth-order valence-corrected chi connectivity index (χ4v) is 2.60. The number of urea groups is 1. The Morgan fingerprint density at radius 2 is 1.90 bits per heavy atom. The van der Waals surface area contributed by atoms with Crippen molar-refractivity contribution in [3.05, 3.63) is 0 Å². The number of likely N-dealkylation sites (N-methyl/N-ethyl adjacent to an activating group) is 1. The van der Waals surface area contributed by atoms with Crippen LogP contribution < -0.4 is 0 Å². The molecule has 2 amide bonds. The molecule has 0 saturated carbocycles. The molecule has 0 spiro atoms. The molecule has 0 aromatic heterocycles. The molecule has 20 heavy (non-hydrogen) atoms. The van der Waals surface area contributed by atoms with E-state index in [1.807, 2.05) is 6.92 Å². The number of carbonyl (C=O) groups is 2. The fraction of sp³-hybridized carbons (Fsp3) is 0.857. The summed E-state index contributed by atoms with van der Waals surface area (Å²) in [7, 11) is 1.75. The Bertz CT molecular complexity index is 365.